The van der Waals surface area contributed by atoms with Gasteiger partial charge in [0.05, 0.1) is 18.4 Å². The predicted octanol–water partition coefficient (Wildman–Crippen LogP) is 4.18. The van der Waals surface area contributed by atoms with Gasteiger partial charge in [-0.1, -0.05) is 31.4 Å². The van der Waals surface area contributed by atoms with Gasteiger partial charge in [-0.3, -0.25) is 9.59 Å². The van der Waals surface area contributed by atoms with E-state index in [4.69, 9.17) is 4.74 Å². The van der Waals surface area contributed by atoms with Gasteiger partial charge in [-0.15, -0.1) is 0 Å². The van der Waals surface area contributed by atoms with Crippen LogP contribution in [0.1, 0.15) is 72.6 Å². The summed E-state index contributed by atoms with van der Waals surface area (Å²) in [5.74, 6) is -0.544. The first kappa shape index (κ1) is 25.2. The van der Waals surface area contributed by atoms with Gasteiger partial charge in [-0.2, -0.15) is 4.31 Å². The molecule has 2 aromatic carbocycles. The van der Waals surface area contributed by atoms with Gasteiger partial charge in [0.25, 0.3) is 11.8 Å². The molecule has 1 saturated heterocycles. The first-order chi connectivity index (χ1) is 16.8. The molecule has 0 aromatic heterocycles. The molecule has 9 heteroatoms. The Bertz CT molecular complexity index is 1190. The second kappa shape index (κ2) is 10.8. The topological polar surface area (TPSA) is 105 Å². The molecular weight excluding hydrogens is 466 g/mol. The number of nitrogens with one attached hydrogen (secondary N) is 2. The Labute approximate surface area is 207 Å². The van der Waals surface area contributed by atoms with Crippen LogP contribution < -0.4 is 15.4 Å². The number of anilines is 1. The molecule has 0 bridgehead atoms. The zero-order valence-electron chi connectivity index (χ0n) is 20.2. The van der Waals surface area contributed by atoms with Gasteiger partial charge in [0.15, 0.2) is 0 Å². The molecule has 188 valence electrons. The van der Waals surface area contributed by atoms with Gasteiger partial charge < -0.3 is 15.4 Å². The maximum absolute atomic E-state index is 13.5. The van der Waals surface area contributed by atoms with Crippen molar-refractivity contribution in [2.45, 2.75) is 68.8 Å². The Kier molecular flexibility index (Phi) is 7.76. The van der Waals surface area contributed by atoms with Crippen molar-refractivity contribution in [2.75, 3.05) is 19.0 Å². The number of benzene rings is 2. The Morgan fingerprint density at radius 1 is 0.971 bits per heavy atom. The fourth-order valence-corrected chi connectivity index (χ4v) is 6.78. The highest BCUT2D eigenvalue weighted by Gasteiger charge is 2.33. The summed E-state index contributed by atoms with van der Waals surface area (Å²) in [4.78, 5) is 26.0. The van der Waals surface area contributed by atoms with Gasteiger partial charge in [-0.25, -0.2) is 8.42 Å². The average molecular weight is 500 g/mol. The van der Waals surface area contributed by atoms with Gasteiger partial charge in [0, 0.05) is 24.2 Å². The number of piperidine rings is 1. The summed E-state index contributed by atoms with van der Waals surface area (Å²) < 4.78 is 33.8. The van der Waals surface area contributed by atoms with Crippen molar-refractivity contribution in [3.63, 3.8) is 0 Å². The molecule has 1 atom stereocenters. The SMILES string of the molecule is COc1ccc(C(=O)Nc2ccccc2C(=O)NC2CCCC2)cc1S(=O)(=O)N1CCCCC1C. The van der Waals surface area contributed by atoms with E-state index in [1.807, 2.05) is 6.92 Å². The monoisotopic (exact) mass is 499 g/mol. The zero-order chi connectivity index (χ0) is 25.0. The third kappa shape index (κ3) is 5.51. The number of rotatable bonds is 7. The molecule has 2 N–H and O–H groups in total. The first-order valence-electron chi connectivity index (χ1n) is 12.2. The second-order valence-electron chi connectivity index (χ2n) is 9.28. The molecule has 1 saturated carbocycles. The van der Waals surface area contributed by atoms with Crippen molar-refractivity contribution < 1.29 is 22.7 Å². The molecule has 2 aliphatic rings. The molecule has 2 amide bonds. The highest BCUT2D eigenvalue weighted by molar-refractivity contribution is 7.89. The predicted molar refractivity (Wildman–Crippen MR) is 134 cm³/mol. The van der Waals surface area contributed by atoms with Crippen LogP contribution in [0.5, 0.6) is 5.75 Å². The van der Waals surface area contributed by atoms with Crippen molar-refractivity contribution >= 4 is 27.5 Å². The molecule has 0 spiro atoms. The molecule has 1 unspecified atom stereocenters. The van der Waals surface area contributed by atoms with Crippen LogP contribution in [0.15, 0.2) is 47.4 Å². The van der Waals surface area contributed by atoms with Crippen LogP contribution in [-0.4, -0.2) is 50.3 Å². The van der Waals surface area contributed by atoms with Crippen LogP contribution in [0, 0.1) is 0 Å². The summed E-state index contributed by atoms with van der Waals surface area (Å²) >= 11 is 0. The van der Waals surface area contributed by atoms with Crippen molar-refractivity contribution in [3.8, 4) is 5.75 Å². The number of carbonyl (C=O) groups is 2. The number of methoxy groups -OCH3 is 1. The van der Waals surface area contributed by atoms with E-state index in [9.17, 15) is 18.0 Å². The van der Waals surface area contributed by atoms with E-state index in [0.717, 1.165) is 44.9 Å². The number of sulfonamides is 1. The lowest BCUT2D eigenvalue weighted by atomic mass is 10.1. The van der Waals surface area contributed by atoms with Crippen molar-refractivity contribution in [2.24, 2.45) is 0 Å². The number of nitrogens with zero attached hydrogens (tertiary/aromatic N) is 1. The molecule has 4 rings (SSSR count). The standard InChI is InChI=1S/C26H33N3O5S/c1-18-9-7-8-16-29(18)35(32,33)24-17-19(14-15-23(24)34-2)25(30)28-22-13-6-5-12-21(22)26(31)27-20-10-3-4-11-20/h5-6,12-15,17-18,20H,3-4,7-11,16H2,1-2H3,(H,27,31)(H,28,30). The number of hydrogen-bond donors (Lipinski definition) is 2. The van der Waals surface area contributed by atoms with Crippen molar-refractivity contribution in [1.29, 1.82) is 0 Å². The van der Waals surface area contributed by atoms with E-state index in [-0.39, 0.29) is 34.2 Å². The van der Waals surface area contributed by atoms with Crippen LogP contribution in [-0.2, 0) is 10.0 Å². The lowest BCUT2D eigenvalue weighted by Crippen LogP contribution is -2.42. The fourth-order valence-electron chi connectivity index (χ4n) is 4.89. The molecule has 8 nitrogen and oxygen atoms in total. The van der Waals surface area contributed by atoms with Gasteiger partial charge in [-0.05, 0) is 62.9 Å². The van der Waals surface area contributed by atoms with E-state index < -0.39 is 15.9 Å². The minimum absolute atomic E-state index is 0.0336. The van der Waals surface area contributed by atoms with Gasteiger partial charge in [0.2, 0.25) is 10.0 Å². The number of para-hydroxylation sites is 1. The highest BCUT2D eigenvalue weighted by atomic mass is 32.2. The number of hydrogen-bond acceptors (Lipinski definition) is 5. The van der Waals surface area contributed by atoms with Crippen LogP contribution in [0.4, 0.5) is 5.69 Å². The van der Waals surface area contributed by atoms with Gasteiger partial charge >= 0.3 is 0 Å². The maximum atomic E-state index is 13.5. The van der Waals surface area contributed by atoms with Gasteiger partial charge in [0.1, 0.15) is 10.6 Å². The Morgan fingerprint density at radius 2 is 1.69 bits per heavy atom. The van der Waals surface area contributed by atoms with E-state index in [1.165, 1.54) is 29.6 Å². The summed E-state index contributed by atoms with van der Waals surface area (Å²) in [7, 11) is -2.44. The normalized spacial score (nSPS) is 19.3. The Morgan fingerprint density at radius 3 is 2.40 bits per heavy atom. The number of amides is 2. The summed E-state index contributed by atoms with van der Waals surface area (Å²) in [5, 5.41) is 5.83. The van der Waals surface area contributed by atoms with Crippen molar-refractivity contribution in [1.82, 2.24) is 9.62 Å². The zero-order valence-corrected chi connectivity index (χ0v) is 21.1. The third-order valence-electron chi connectivity index (χ3n) is 6.86. The summed E-state index contributed by atoms with van der Waals surface area (Å²) in [5.41, 5.74) is 0.911. The smallest absolute Gasteiger partial charge is 0.255 e. The molecule has 1 aliphatic heterocycles. The number of carbonyl (C=O) groups excluding carboxylic acids is 2. The van der Waals surface area contributed by atoms with E-state index in [0.29, 0.717) is 17.8 Å². The molecule has 2 fully saturated rings. The van der Waals surface area contributed by atoms with Crippen LogP contribution >= 0.6 is 0 Å². The second-order valence-corrected chi connectivity index (χ2v) is 11.1. The molecule has 1 aliphatic carbocycles. The van der Waals surface area contributed by atoms with Crippen molar-refractivity contribution in [3.05, 3.63) is 53.6 Å². The molecule has 1 heterocycles. The van der Waals surface area contributed by atoms with E-state index in [2.05, 4.69) is 10.6 Å². The largest absolute Gasteiger partial charge is 0.495 e. The van der Waals surface area contributed by atoms with Crippen LogP contribution in [0.2, 0.25) is 0 Å². The summed E-state index contributed by atoms with van der Waals surface area (Å²) in [6.07, 6.45) is 6.69. The average Bonchev–Trinajstić information content (AvgIpc) is 3.37. The van der Waals surface area contributed by atoms with E-state index >= 15 is 0 Å². The quantitative estimate of drug-likeness (QED) is 0.595. The lowest BCUT2D eigenvalue weighted by molar-refractivity contribution is 0.0938. The number of ether oxygens (including phenoxy) is 1. The minimum Gasteiger partial charge on any atom is -0.495 e. The summed E-state index contributed by atoms with van der Waals surface area (Å²) in [6, 6.07) is 11.2. The van der Waals surface area contributed by atoms with Crippen LogP contribution in [0.25, 0.3) is 0 Å². The fraction of sp³-hybridized carbons (Fsp3) is 0.462. The van der Waals surface area contributed by atoms with E-state index in [1.54, 1.807) is 24.3 Å². The third-order valence-corrected chi connectivity index (χ3v) is 8.90. The lowest BCUT2D eigenvalue weighted by Gasteiger charge is -2.32. The minimum atomic E-state index is -3.85. The molecule has 35 heavy (non-hydrogen) atoms. The maximum Gasteiger partial charge on any atom is 0.255 e. The molecule has 2 aromatic rings. The Balaban J connectivity index is 1.59. The highest BCUT2D eigenvalue weighted by Crippen LogP contribution is 2.32. The summed E-state index contributed by atoms with van der Waals surface area (Å²) in [6.45, 7) is 2.33. The Hall–Kier alpha value is -2.91. The van der Waals surface area contributed by atoms with Crippen LogP contribution in [0.3, 0.4) is 0 Å². The molecular formula is C26H33N3O5S. The molecule has 0 radical (unpaired) electrons. The first-order valence-corrected chi connectivity index (χ1v) is 13.7.